The summed E-state index contributed by atoms with van der Waals surface area (Å²) >= 11 is 0. The number of unbranched alkanes of at least 4 members (excludes halogenated alkanes) is 1. The Hall–Kier alpha value is -1.93. The fourth-order valence-electron chi connectivity index (χ4n) is 2.64. The molecule has 0 saturated carbocycles. The topological polar surface area (TPSA) is 108 Å². The number of hydrogen-bond donors (Lipinski definition) is 3. The summed E-state index contributed by atoms with van der Waals surface area (Å²) < 4.78 is 26.8. The Balaban J connectivity index is 2.27. The highest BCUT2D eigenvalue weighted by molar-refractivity contribution is 7.90. The number of benzene rings is 1. The Morgan fingerprint density at radius 2 is 2.04 bits per heavy atom. The van der Waals surface area contributed by atoms with Crippen LogP contribution in [0.15, 0.2) is 34.2 Å². The van der Waals surface area contributed by atoms with Gasteiger partial charge in [-0.25, -0.2) is 8.42 Å². The van der Waals surface area contributed by atoms with Crippen LogP contribution in [0.5, 0.6) is 0 Å². The lowest BCUT2D eigenvalue weighted by molar-refractivity contribution is -0.123. The highest BCUT2D eigenvalue weighted by atomic mass is 32.2. The van der Waals surface area contributed by atoms with E-state index in [1.165, 1.54) is 6.07 Å². The molecule has 1 aliphatic heterocycles. The summed E-state index contributed by atoms with van der Waals surface area (Å²) in [5.41, 5.74) is 0.486. The predicted octanol–water partition coefficient (Wildman–Crippen LogP) is 1.17. The average Bonchev–Trinajstić information content (AvgIpc) is 2.82. The maximum atomic E-state index is 12.5. The second kappa shape index (κ2) is 8.44. The van der Waals surface area contributed by atoms with Gasteiger partial charge in [-0.05, 0) is 31.9 Å². The molecule has 2 rings (SSSR count). The van der Waals surface area contributed by atoms with Crippen molar-refractivity contribution in [1.29, 1.82) is 0 Å². The molecule has 1 heterocycles. The summed E-state index contributed by atoms with van der Waals surface area (Å²) in [6, 6.07) is 5.74. The molecule has 1 aromatic rings. The van der Waals surface area contributed by atoms with Crippen molar-refractivity contribution in [2.24, 2.45) is 4.99 Å². The summed E-state index contributed by atoms with van der Waals surface area (Å²) in [4.78, 5) is 17.1. The van der Waals surface area contributed by atoms with Crippen LogP contribution in [0.1, 0.15) is 45.1 Å². The molecule has 0 saturated heterocycles. The predicted molar refractivity (Wildman–Crippen MR) is 95.9 cm³/mol. The van der Waals surface area contributed by atoms with Crippen molar-refractivity contribution in [3.05, 3.63) is 29.8 Å². The van der Waals surface area contributed by atoms with Crippen molar-refractivity contribution in [3.63, 3.8) is 0 Å². The van der Waals surface area contributed by atoms with Gasteiger partial charge in [0.15, 0.2) is 0 Å². The molecule has 2 unspecified atom stereocenters. The van der Waals surface area contributed by atoms with Crippen molar-refractivity contribution in [2.75, 3.05) is 6.61 Å². The molecule has 0 aromatic heterocycles. The molecule has 3 N–H and O–H groups in total. The zero-order chi connectivity index (χ0) is 18.4. The van der Waals surface area contributed by atoms with Crippen LogP contribution < -0.4 is 10.0 Å². The number of sulfonamides is 1. The first kappa shape index (κ1) is 19.4. The molecule has 7 nitrogen and oxygen atoms in total. The molecule has 0 fully saturated rings. The van der Waals surface area contributed by atoms with E-state index < -0.39 is 16.1 Å². The smallest absolute Gasteiger partial charge is 0.263 e. The molecule has 2 atom stereocenters. The lowest BCUT2D eigenvalue weighted by Gasteiger charge is -2.17. The Morgan fingerprint density at radius 3 is 2.72 bits per heavy atom. The van der Waals surface area contributed by atoms with Gasteiger partial charge >= 0.3 is 0 Å². The van der Waals surface area contributed by atoms with E-state index >= 15 is 0 Å². The van der Waals surface area contributed by atoms with Crippen LogP contribution >= 0.6 is 0 Å². The molecule has 1 aliphatic rings. The summed E-state index contributed by atoms with van der Waals surface area (Å²) in [5.74, 6) is -0.0489. The number of nitrogens with one attached hydrogen (secondary N) is 2. The number of amides is 1. The SMILES string of the molecule is CCCCC(N=C1NS(=O)(=O)c2ccccc21)C(=O)NC(C)CCO. The van der Waals surface area contributed by atoms with E-state index in [0.29, 0.717) is 18.4 Å². The van der Waals surface area contributed by atoms with Crippen molar-refractivity contribution in [3.8, 4) is 0 Å². The van der Waals surface area contributed by atoms with E-state index in [1.54, 1.807) is 18.2 Å². The fraction of sp³-hybridized carbons (Fsp3) is 0.529. The number of nitrogens with zero attached hydrogens (tertiary/aromatic N) is 1. The van der Waals surface area contributed by atoms with Gasteiger partial charge in [0.25, 0.3) is 10.0 Å². The molecular weight excluding hydrogens is 342 g/mol. The fourth-order valence-corrected chi connectivity index (χ4v) is 3.88. The summed E-state index contributed by atoms with van der Waals surface area (Å²) in [6.07, 6.45) is 2.70. The van der Waals surface area contributed by atoms with Crippen LogP contribution in [-0.4, -0.2) is 44.0 Å². The van der Waals surface area contributed by atoms with E-state index in [1.807, 2.05) is 13.8 Å². The van der Waals surface area contributed by atoms with E-state index in [0.717, 1.165) is 12.8 Å². The number of amidine groups is 1. The highest BCUT2D eigenvalue weighted by Gasteiger charge is 2.31. The van der Waals surface area contributed by atoms with Crippen molar-refractivity contribution >= 4 is 21.8 Å². The average molecular weight is 367 g/mol. The minimum atomic E-state index is -3.62. The molecule has 1 aromatic carbocycles. The third kappa shape index (κ3) is 4.79. The van der Waals surface area contributed by atoms with Gasteiger partial charge < -0.3 is 10.4 Å². The molecule has 8 heteroatoms. The summed E-state index contributed by atoms with van der Waals surface area (Å²) in [7, 11) is -3.62. The van der Waals surface area contributed by atoms with Gasteiger partial charge in [0.2, 0.25) is 5.91 Å². The number of hydrogen-bond acceptors (Lipinski definition) is 5. The van der Waals surface area contributed by atoms with Gasteiger partial charge in [0.05, 0.1) is 4.90 Å². The molecular formula is C17H25N3O4S. The number of fused-ring (bicyclic) bond motifs is 1. The van der Waals surface area contributed by atoms with Crippen LogP contribution in [0.3, 0.4) is 0 Å². The summed E-state index contributed by atoms with van der Waals surface area (Å²) in [6.45, 7) is 3.82. The van der Waals surface area contributed by atoms with Gasteiger partial charge in [0, 0.05) is 18.2 Å². The number of aliphatic imine (C=N–C) groups is 1. The highest BCUT2D eigenvalue weighted by Crippen LogP contribution is 2.23. The van der Waals surface area contributed by atoms with E-state index in [-0.39, 0.29) is 29.3 Å². The van der Waals surface area contributed by atoms with Gasteiger partial charge in [0.1, 0.15) is 11.9 Å². The zero-order valence-corrected chi connectivity index (χ0v) is 15.3. The molecule has 138 valence electrons. The Bertz CT molecular complexity index is 746. The normalized spacial score (nSPS) is 19.1. The number of aliphatic hydroxyl groups is 1. The van der Waals surface area contributed by atoms with Gasteiger partial charge in [-0.15, -0.1) is 0 Å². The van der Waals surface area contributed by atoms with E-state index in [2.05, 4.69) is 15.0 Å². The Labute approximate surface area is 148 Å². The summed E-state index contributed by atoms with van der Waals surface area (Å²) in [5, 5.41) is 11.8. The van der Waals surface area contributed by atoms with Crippen LogP contribution in [0.25, 0.3) is 0 Å². The van der Waals surface area contributed by atoms with Crippen LogP contribution in [-0.2, 0) is 14.8 Å². The monoisotopic (exact) mass is 367 g/mol. The first-order valence-corrected chi connectivity index (χ1v) is 9.98. The second-order valence-corrected chi connectivity index (χ2v) is 7.81. The van der Waals surface area contributed by atoms with Crippen molar-refractivity contribution in [2.45, 2.75) is 56.5 Å². The van der Waals surface area contributed by atoms with Crippen LogP contribution in [0.2, 0.25) is 0 Å². The lowest BCUT2D eigenvalue weighted by atomic mass is 10.1. The molecule has 1 amide bonds. The third-order valence-corrected chi connectivity index (χ3v) is 5.43. The number of carbonyl (C=O) groups is 1. The first-order chi connectivity index (χ1) is 11.9. The van der Waals surface area contributed by atoms with Crippen LogP contribution in [0.4, 0.5) is 0 Å². The standard InChI is InChI=1S/C17H25N3O4S/c1-3-4-8-14(17(22)18-12(2)10-11-21)19-16-13-7-5-6-9-15(13)25(23,24)20-16/h5-7,9,12,14,21H,3-4,8,10-11H2,1-2H3,(H,18,22)(H,19,20). The van der Waals surface area contributed by atoms with Crippen molar-refractivity contribution in [1.82, 2.24) is 10.0 Å². The zero-order valence-electron chi connectivity index (χ0n) is 14.5. The maximum Gasteiger partial charge on any atom is 0.263 e. The quantitative estimate of drug-likeness (QED) is 0.641. The Kier molecular flexibility index (Phi) is 6.55. The maximum absolute atomic E-state index is 12.5. The molecule has 0 spiro atoms. The number of rotatable bonds is 8. The molecule has 0 aliphatic carbocycles. The molecule has 0 bridgehead atoms. The third-order valence-electron chi connectivity index (χ3n) is 4.03. The number of aliphatic hydroxyl groups excluding tert-OH is 1. The first-order valence-electron chi connectivity index (χ1n) is 8.50. The van der Waals surface area contributed by atoms with E-state index in [9.17, 15) is 13.2 Å². The second-order valence-electron chi connectivity index (χ2n) is 6.16. The minimum Gasteiger partial charge on any atom is -0.396 e. The largest absolute Gasteiger partial charge is 0.396 e. The number of carbonyl (C=O) groups excluding carboxylic acids is 1. The van der Waals surface area contributed by atoms with Crippen molar-refractivity contribution < 1.29 is 18.3 Å². The van der Waals surface area contributed by atoms with Gasteiger partial charge in [-0.3, -0.25) is 14.5 Å². The van der Waals surface area contributed by atoms with Crippen LogP contribution in [0, 0.1) is 0 Å². The minimum absolute atomic E-state index is 0.0111. The van der Waals surface area contributed by atoms with Gasteiger partial charge in [-0.2, -0.15) is 0 Å². The van der Waals surface area contributed by atoms with E-state index in [4.69, 9.17) is 5.11 Å². The lowest BCUT2D eigenvalue weighted by Crippen LogP contribution is -2.40. The Morgan fingerprint density at radius 1 is 1.32 bits per heavy atom. The van der Waals surface area contributed by atoms with Gasteiger partial charge in [-0.1, -0.05) is 31.9 Å². The molecule has 25 heavy (non-hydrogen) atoms. The molecule has 0 radical (unpaired) electrons.